The molecule has 1 aromatic carbocycles. The van der Waals surface area contributed by atoms with Gasteiger partial charge in [0.2, 0.25) is 0 Å². The smallest absolute Gasteiger partial charge is 0.164 e. The Hall–Kier alpha value is -0.880. The third kappa shape index (κ3) is 7.48. The summed E-state index contributed by atoms with van der Waals surface area (Å²) in [4.78, 5) is 2.39. The van der Waals surface area contributed by atoms with Crippen LogP contribution in [0.2, 0.25) is 0 Å². The van der Waals surface area contributed by atoms with Gasteiger partial charge < -0.3 is 24.4 Å². The third-order valence-corrected chi connectivity index (χ3v) is 3.60. The van der Waals surface area contributed by atoms with Gasteiger partial charge in [0.25, 0.3) is 0 Å². The molecule has 0 radical (unpaired) electrons. The molecule has 23 heavy (non-hydrogen) atoms. The number of nitrogens with one attached hydrogen (secondary N) is 1. The molecule has 0 aromatic heterocycles. The van der Waals surface area contributed by atoms with Crippen molar-refractivity contribution in [1.29, 1.82) is 0 Å². The number of nitrogens with zero attached hydrogens (tertiary/aromatic N) is 1. The molecule has 1 aromatic rings. The van der Waals surface area contributed by atoms with E-state index in [9.17, 15) is 0 Å². The van der Waals surface area contributed by atoms with E-state index in [-0.39, 0.29) is 24.8 Å². The molecule has 0 atom stereocenters. The molecule has 136 valence electrons. The van der Waals surface area contributed by atoms with Crippen LogP contribution in [-0.2, 0) is 6.54 Å². The number of benzene rings is 1. The van der Waals surface area contributed by atoms with Crippen molar-refractivity contribution in [3.63, 3.8) is 0 Å². The number of ether oxygens (including phenoxy) is 3. The molecule has 0 aliphatic rings. The quantitative estimate of drug-likeness (QED) is 0.643. The van der Waals surface area contributed by atoms with E-state index in [1.165, 1.54) is 0 Å². The van der Waals surface area contributed by atoms with Gasteiger partial charge in [0.15, 0.2) is 11.5 Å². The van der Waals surface area contributed by atoms with Gasteiger partial charge >= 0.3 is 0 Å². The molecule has 0 saturated carbocycles. The maximum atomic E-state index is 5.42. The lowest BCUT2D eigenvalue weighted by atomic mass is 10.1. The van der Waals surface area contributed by atoms with Crippen molar-refractivity contribution in [2.24, 2.45) is 0 Å². The molecule has 1 N–H and O–H groups in total. The van der Waals surface area contributed by atoms with Crippen LogP contribution in [-0.4, -0.2) is 52.4 Å². The van der Waals surface area contributed by atoms with Crippen LogP contribution in [0.25, 0.3) is 0 Å². The van der Waals surface area contributed by atoms with Crippen molar-refractivity contribution in [3.05, 3.63) is 17.7 Å². The molecule has 0 spiro atoms. The molecule has 0 amide bonds. The zero-order valence-corrected chi connectivity index (χ0v) is 16.3. The van der Waals surface area contributed by atoms with Gasteiger partial charge in [-0.2, -0.15) is 0 Å². The van der Waals surface area contributed by atoms with E-state index < -0.39 is 0 Å². The highest BCUT2D eigenvalue weighted by Crippen LogP contribution is 2.34. The summed E-state index contributed by atoms with van der Waals surface area (Å²) >= 11 is 0. The van der Waals surface area contributed by atoms with Gasteiger partial charge in [0, 0.05) is 31.3 Å². The fourth-order valence-corrected chi connectivity index (χ4v) is 2.23. The lowest BCUT2D eigenvalue weighted by Gasteiger charge is -2.19. The summed E-state index contributed by atoms with van der Waals surface area (Å²) in [5.41, 5.74) is 1.06. The highest BCUT2D eigenvalue weighted by Gasteiger charge is 2.11. The number of likely N-dealkylation sites (N-methyl/N-ethyl adjacent to an activating group) is 1. The molecule has 0 bridgehead atoms. The average molecular weight is 369 g/mol. The maximum absolute atomic E-state index is 5.42. The molecule has 0 fully saturated rings. The van der Waals surface area contributed by atoms with E-state index in [4.69, 9.17) is 14.2 Å². The number of hydrogen-bond acceptors (Lipinski definition) is 5. The summed E-state index contributed by atoms with van der Waals surface area (Å²) in [5, 5.41) is 3.45. The summed E-state index contributed by atoms with van der Waals surface area (Å²) in [5.74, 6) is 2.21. The minimum absolute atomic E-state index is 0. The second-order valence-corrected chi connectivity index (χ2v) is 4.72. The molecule has 0 aliphatic carbocycles. The van der Waals surface area contributed by atoms with Crippen molar-refractivity contribution < 1.29 is 14.2 Å². The van der Waals surface area contributed by atoms with Crippen molar-refractivity contribution in [2.75, 3.05) is 47.5 Å². The van der Waals surface area contributed by atoms with Crippen LogP contribution >= 0.6 is 24.8 Å². The van der Waals surface area contributed by atoms with Gasteiger partial charge in [-0.3, -0.25) is 0 Å². The first-order valence-corrected chi connectivity index (χ1v) is 7.42. The predicted molar refractivity (Wildman–Crippen MR) is 100 cm³/mol. The third-order valence-electron chi connectivity index (χ3n) is 3.60. The van der Waals surface area contributed by atoms with E-state index in [2.05, 4.69) is 24.1 Å². The van der Waals surface area contributed by atoms with Gasteiger partial charge in [-0.25, -0.2) is 0 Å². The van der Waals surface area contributed by atoms with Gasteiger partial charge in [0.05, 0.1) is 21.3 Å². The Balaban J connectivity index is 0. The van der Waals surface area contributed by atoms with E-state index in [1.807, 2.05) is 12.1 Å². The first-order valence-electron chi connectivity index (χ1n) is 7.42. The summed E-state index contributed by atoms with van der Waals surface area (Å²) in [7, 11) is 4.93. The van der Waals surface area contributed by atoms with Crippen LogP contribution in [0.3, 0.4) is 0 Å². The van der Waals surface area contributed by atoms with Crippen molar-refractivity contribution in [3.8, 4) is 17.2 Å². The van der Waals surface area contributed by atoms with Crippen LogP contribution in [0.15, 0.2) is 12.1 Å². The highest BCUT2D eigenvalue weighted by atomic mass is 35.5. The standard InChI is InChI=1S/C16H28N2O3.2ClH/c1-6-18(7-2)9-8-17-12-13-10-15(20-4)16(21-5)11-14(13)19-3;;/h10-11,17H,6-9,12H2,1-5H3;2*1H. The highest BCUT2D eigenvalue weighted by molar-refractivity contribution is 5.85. The average Bonchev–Trinajstić information content (AvgIpc) is 2.54. The molecule has 0 saturated heterocycles. The van der Waals surface area contributed by atoms with Crippen LogP contribution in [0.1, 0.15) is 19.4 Å². The Morgan fingerprint density at radius 3 is 1.87 bits per heavy atom. The summed E-state index contributed by atoms with van der Waals surface area (Å²) in [6.07, 6.45) is 0. The summed E-state index contributed by atoms with van der Waals surface area (Å²) in [6.45, 7) is 9.25. The molecule has 0 heterocycles. The predicted octanol–water partition coefficient (Wildman–Crippen LogP) is 2.99. The summed E-state index contributed by atoms with van der Waals surface area (Å²) < 4.78 is 16.0. The van der Waals surface area contributed by atoms with Crippen LogP contribution in [0.4, 0.5) is 0 Å². The van der Waals surface area contributed by atoms with E-state index in [0.717, 1.165) is 49.8 Å². The van der Waals surface area contributed by atoms with Gasteiger partial charge in [-0.1, -0.05) is 13.8 Å². The molecule has 0 aliphatic heterocycles. The molecule has 5 nitrogen and oxygen atoms in total. The summed E-state index contributed by atoms with van der Waals surface area (Å²) in [6, 6.07) is 3.82. The number of methoxy groups -OCH3 is 3. The lowest BCUT2D eigenvalue weighted by Crippen LogP contribution is -2.31. The normalized spacial score (nSPS) is 9.83. The van der Waals surface area contributed by atoms with Gasteiger partial charge in [-0.05, 0) is 19.2 Å². The number of hydrogen-bond donors (Lipinski definition) is 1. The van der Waals surface area contributed by atoms with Crippen molar-refractivity contribution in [1.82, 2.24) is 10.2 Å². The van der Waals surface area contributed by atoms with Crippen LogP contribution < -0.4 is 19.5 Å². The molecule has 7 heteroatoms. The van der Waals surface area contributed by atoms with Crippen molar-refractivity contribution >= 4 is 24.8 Å². The van der Waals surface area contributed by atoms with Gasteiger partial charge in [0.1, 0.15) is 5.75 Å². The molecular weight excluding hydrogens is 339 g/mol. The first-order chi connectivity index (χ1) is 10.2. The zero-order valence-electron chi connectivity index (χ0n) is 14.7. The minimum atomic E-state index is 0. The minimum Gasteiger partial charge on any atom is -0.496 e. The fraction of sp³-hybridized carbons (Fsp3) is 0.625. The largest absolute Gasteiger partial charge is 0.496 e. The maximum Gasteiger partial charge on any atom is 0.164 e. The second kappa shape index (κ2) is 13.5. The number of rotatable bonds is 10. The topological polar surface area (TPSA) is 43.0 Å². The monoisotopic (exact) mass is 368 g/mol. The number of halogens is 2. The van der Waals surface area contributed by atoms with Crippen LogP contribution in [0, 0.1) is 0 Å². The van der Waals surface area contributed by atoms with E-state index in [1.54, 1.807) is 21.3 Å². The van der Waals surface area contributed by atoms with Crippen molar-refractivity contribution in [2.45, 2.75) is 20.4 Å². The van der Waals surface area contributed by atoms with E-state index in [0.29, 0.717) is 5.75 Å². The second-order valence-electron chi connectivity index (χ2n) is 4.72. The molecule has 0 unspecified atom stereocenters. The van der Waals surface area contributed by atoms with Crippen LogP contribution in [0.5, 0.6) is 17.2 Å². The molecular formula is C16H30Cl2N2O3. The van der Waals surface area contributed by atoms with E-state index >= 15 is 0 Å². The Kier molecular flexibility index (Phi) is 14.4. The first kappa shape index (κ1) is 24.4. The Labute approximate surface area is 152 Å². The lowest BCUT2D eigenvalue weighted by molar-refractivity contribution is 0.301. The van der Waals surface area contributed by atoms with Gasteiger partial charge in [-0.15, -0.1) is 24.8 Å². The molecule has 1 rings (SSSR count). The zero-order chi connectivity index (χ0) is 15.7. The SMILES string of the molecule is CCN(CC)CCNCc1cc(OC)c(OC)cc1OC.Cl.Cl. The Morgan fingerprint density at radius 1 is 0.870 bits per heavy atom. The Morgan fingerprint density at radius 2 is 1.39 bits per heavy atom. The fourth-order valence-electron chi connectivity index (χ4n) is 2.23. The Bertz CT molecular complexity index is 430.